The summed E-state index contributed by atoms with van der Waals surface area (Å²) in [5.41, 5.74) is 0. The first-order valence-electron chi connectivity index (χ1n) is 4.47. The first-order valence-corrected chi connectivity index (χ1v) is 4.47. The van der Waals surface area contributed by atoms with Gasteiger partial charge < -0.3 is 0 Å². The van der Waals surface area contributed by atoms with Gasteiger partial charge in [-0.15, -0.1) is 0 Å². The van der Waals surface area contributed by atoms with Gasteiger partial charge in [-0.2, -0.15) is 0 Å². The minimum absolute atomic E-state index is 1.05. The summed E-state index contributed by atoms with van der Waals surface area (Å²) in [5.74, 6) is 0. The van der Waals surface area contributed by atoms with Gasteiger partial charge in [0.25, 0.3) is 0 Å². The van der Waals surface area contributed by atoms with Crippen molar-refractivity contribution in [3.05, 3.63) is 55.0 Å². The van der Waals surface area contributed by atoms with E-state index in [-0.39, 0.29) is 0 Å². The second kappa shape index (κ2) is 6.66. The van der Waals surface area contributed by atoms with Crippen LogP contribution >= 0.6 is 0 Å². The average molecular weight is 159 g/mol. The fraction of sp³-hybridized carbons (Fsp3) is 0.250. The van der Waals surface area contributed by atoms with E-state index in [1.54, 1.807) is 0 Å². The van der Waals surface area contributed by atoms with Gasteiger partial charge in [0.1, 0.15) is 0 Å². The lowest BCUT2D eigenvalue weighted by Crippen LogP contribution is -1.69. The smallest absolute Gasteiger partial charge is 0.0130 e. The summed E-state index contributed by atoms with van der Waals surface area (Å²) in [7, 11) is 0. The highest BCUT2D eigenvalue weighted by molar-refractivity contribution is 5.14. The average Bonchev–Trinajstić information content (AvgIpc) is 2.05. The number of hydrogen-bond donors (Lipinski definition) is 0. The molecule has 0 saturated heterocycles. The summed E-state index contributed by atoms with van der Waals surface area (Å²) in [6.07, 6.45) is 22.5. The molecule has 0 aromatic rings. The molecule has 1 aliphatic carbocycles. The molecule has 0 nitrogen and oxygen atoms in total. The molecule has 1 radical (unpaired) electrons. The molecule has 0 aliphatic heterocycles. The zero-order valence-electron chi connectivity index (χ0n) is 7.32. The molecule has 0 amide bonds. The summed E-state index contributed by atoms with van der Waals surface area (Å²) < 4.78 is 0. The fourth-order valence-electron chi connectivity index (χ4n) is 1.01. The predicted molar refractivity (Wildman–Crippen MR) is 54.7 cm³/mol. The van der Waals surface area contributed by atoms with Crippen molar-refractivity contribution < 1.29 is 0 Å². The third-order valence-electron chi connectivity index (χ3n) is 1.66. The number of allylic oxidation sites excluding steroid dienone is 8. The molecular weight excluding hydrogens is 144 g/mol. The maximum Gasteiger partial charge on any atom is -0.0130 e. The Balaban J connectivity index is 2.42. The molecule has 1 rings (SSSR count). The van der Waals surface area contributed by atoms with E-state index < -0.39 is 0 Å². The molecule has 0 N–H and O–H groups in total. The van der Waals surface area contributed by atoms with Gasteiger partial charge in [0.15, 0.2) is 0 Å². The highest BCUT2D eigenvalue weighted by Crippen LogP contribution is 1.98. The van der Waals surface area contributed by atoms with Crippen LogP contribution in [0.4, 0.5) is 0 Å². The summed E-state index contributed by atoms with van der Waals surface area (Å²) in [6.45, 7) is 0. The van der Waals surface area contributed by atoms with Crippen LogP contribution < -0.4 is 0 Å². The van der Waals surface area contributed by atoms with E-state index >= 15 is 0 Å². The van der Waals surface area contributed by atoms with E-state index in [1.165, 1.54) is 0 Å². The molecule has 12 heavy (non-hydrogen) atoms. The number of hydrogen-bond acceptors (Lipinski definition) is 0. The van der Waals surface area contributed by atoms with Crippen molar-refractivity contribution in [2.75, 3.05) is 0 Å². The molecule has 0 aromatic heterocycles. The SMILES string of the molecule is [CH]1\C=C/C=C/C=C\CC/C=C\C1. The Morgan fingerprint density at radius 3 is 2.33 bits per heavy atom. The van der Waals surface area contributed by atoms with Crippen molar-refractivity contribution in [3.63, 3.8) is 0 Å². The van der Waals surface area contributed by atoms with Crippen LogP contribution in [0.3, 0.4) is 0 Å². The lowest BCUT2D eigenvalue weighted by molar-refractivity contribution is 1.04. The van der Waals surface area contributed by atoms with Crippen LogP contribution in [0.1, 0.15) is 19.3 Å². The predicted octanol–water partition coefficient (Wildman–Crippen LogP) is 3.60. The van der Waals surface area contributed by atoms with Crippen LogP contribution in [0, 0.1) is 6.42 Å². The minimum Gasteiger partial charge on any atom is -0.0882 e. The summed E-state index contributed by atoms with van der Waals surface area (Å²) in [6, 6.07) is 0. The van der Waals surface area contributed by atoms with Gasteiger partial charge >= 0.3 is 0 Å². The molecule has 0 aromatic carbocycles. The highest BCUT2D eigenvalue weighted by Gasteiger charge is 1.79. The van der Waals surface area contributed by atoms with E-state index in [0.717, 1.165) is 19.3 Å². The van der Waals surface area contributed by atoms with Crippen LogP contribution in [0.2, 0.25) is 0 Å². The lowest BCUT2D eigenvalue weighted by Gasteiger charge is -1.88. The summed E-state index contributed by atoms with van der Waals surface area (Å²) >= 11 is 0. The van der Waals surface area contributed by atoms with E-state index in [4.69, 9.17) is 0 Å². The molecule has 1 aliphatic rings. The molecule has 0 atom stereocenters. The largest absolute Gasteiger partial charge is 0.0882 e. The van der Waals surface area contributed by atoms with E-state index in [0.29, 0.717) is 0 Å². The minimum atomic E-state index is 1.05. The molecule has 0 heterocycles. The maximum atomic E-state index is 2.24. The van der Waals surface area contributed by atoms with Crippen molar-refractivity contribution in [2.45, 2.75) is 19.3 Å². The zero-order valence-corrected chi connectivity index (χ0v) is 7.32. The van der Waals surface area contributed by atoms with Crippen molar-refractivity contribution >= 4 is 0 Å². The first-order chi connectivity index (χ1) is 6.00. The van der Waals surface area contributed by atoms with Crippen LogP contribution in [0.15, 0.2) is 48.6 Å². The van der Waals surface area contributed by atoms with E-state index in [1.807, 2.05) is 0 Å². The van der Waals surface area contributed by atoms with Crippen LogP contribution in [-0.4, -0.2) is 0 Å². The van der Waals surface area contributed by atoms with Gasteiger partial charge in [0.2, 0.25) is 0 Å². The second-order valence-electron chi connectivity index (χ2n) is 2.72. The molecule has 0 fully saturated rings. The molecule has 63 valence electrons. The standard InChI is InChI=1S/C12H15/c1-2-4-6-8-10-12-11-9-7-5-3-1/h1-7,10,12H,8-9,11H2/b3-1+,4-2-,7-5-,12-10-. The second-order valence-corrected chi connectivity index (χ2v) is 2.72. The molecule has 0 saturated carbocycles. The highest BCUT2D eigenvalue weighted by atomic mass is 13.9. The molecule has 0 bridgehead atoms. The van der Waals surface area contributed by atoms with Crippen LogP contribution in [0.5, 0.6) is 0 Å². The summed E-state index contributed by atoms with van der Waals surface area (Å²) in [5, 5.41) is 0. The third-order valence-corrected chi connectivity index (χ3v) is 1.66. The third kappa shape index (κ3) is 4.73. The Morgan fingerprint density at radius 1 is 0.583 bits per heavy atom. The Hall–Kier alpha value is -1.04. The van der Waals surface area contributed by atoms with Crippen molar-refractivity contribution in [1.82, 2.24) is 0 Å². The Kier molecular flexibility index (Phi) is 5.02. The molecule has 0 unspecified atom stereocenters. The molecule has 0 heteroatoms. The van der Waals surface area contributed by atoms with Crippen molar-refractivity contribution in [2.24, 2.45) is 0 Å². The quantitative estimate of drug-likeness (QED) is 0.474. The fourth-order valence-corrected chi connectivity index (χ4v) is 1.01. The van der Waals surface area contributed by atoms with E-state index in [2.05, 4.69) is 55.0 Å². The maximum absolute atomic E-state index is 2.24. The van der Waals surface area contributed by atoms with Gasteiger partial charge in [-0.3, -0.25) is 0 Å². The zero-order chi connectivity index (χ0) is 8.49. The molecular formula is C12H15. The van der Waals surface area contributed by atoms with Crippen molar-refractivity contribution in [1.29, 1.82) is 0 Å². The lowest BCUT2D eigenvalue weighted by atomic mass is 10.2. The van der Waals surface area contributed by atoms with Gasteiger partial charge in [-0.1, -0.05) is 48.6 Å². The Morgan fingerprint density at radius 2 is 1.33 bits per heavy atom. The monoisotopic (exact) mass is 159 g/mol. The first kappa shape index (κ1) is 9.05. The van der Waals surface area contributed by atoms with Crippen LogP contribution in [-0.2, 0) is 0 Å². The topological polar surface area (TPSA) is 0 Å². The Bertz CT molecular complexity index is 182. The van der Waals surface area contributed by atoms with Gasteiger partial charge in [-0.25, -0.2) is 0 Å². The number of rotatable bonds is 0. The Labute approximate surface area is 75.0 Å². The van der Waals surface area contributed by atoms with Crippen molar-refractivity contribution in [3.8, 4) is 0 Å². The van der Waals surface area contributed by atoms with Gasteiger partial charge in [0, 0.05) is 0 Å². The summed E-state index contributed by atoms with van der Waals surface area (Å²) in [4.78, 5) is 0. The molecule has 0 spiro atoms. The van der Waals surface area contributed by atoms with E-state index in [9.17, 15) is 0 Å². The van der Waals surface area contributed by atoms with Gasteiger partial charge in [-0.05, 0) is 25.7 Å². The normalized spacial score (nSPS) is 29.3. The van der Waals surface area contributed by atoms with Crippen LogP contribution in [0.25, 0.3) is 0 Å². The van der Waals surface area contributed by atoms with Gasteiger partial charge in [0.05, 0.1) is 0 Å².